The van der Waals surface area contributed by atoms with E-state index in [1.165, 1.54) is 0 Å². The van der Waals surface area contributed by atoms with Gasteiger partial charge in [0.05, 0.1) is 22.7 Å². The second-order valence-corrected chi connectivity index (χ2v) is 9.69. The van der Waals surface area contributed by atoms with Crippen LogP contribution < -0.4 is 4.90 Å². The summed E-state index contributed by atoms with van der Waals surface area (Å²) in [4.78, 5) is 6.36. The molecule has 0 radical (unpaired) electrons. The normalized spacial score (nSPS) is 19.2. The summed E-state index contributed by atoms with van der Waals surface area (Å²) in [5, 5.41) is 9.77. The fourth-order valence-electron chi connectivity index (χ4n) is 2.67. The molecule has 0 spiro atoms. The first-order valence-electron chi connectivity index (χ1n) is 7.76. The highest BCUT2D eigenvalue weighted by Gasteiger charge is 2.32. The maximum atomic E-state index is 12.4. The SMILES string of the molecule is CC(O)C1CCN(c2ccc(S(=O)(=O)C(C)(C)C)nc2)CC1. The molecule has 1 unspecified atom stereocenters. The Bertz CT molecular complexity index is 595. The quantitative estimate of drug-likeness (QED) is 0.922. The molecular formula is C16H26N2O3S. The lowest BCUT2D eigenvalue weighted by atomic mass is 9.92. The number of hydrogen-bond donors (Lipinski definition) is 1. The van der Waals surface area contributed by atoms with E-state index in [1.54, 1.807) is 33.0 Å². The van der Waals surface area contributed by atoms with Gasteiger partial charge in [-0.25, -0.2) is 13.4 Å². The molecule has 6 heteroatoms. The van der Waals surface area contributed by atoms with Crippen LogP contribution in [0.1, 0.15) is 40.5 Å². The monoisotopic (exact) mass is 326 g/mol. The van der Waals surface area contributed by atoms with Gasteiger partial charge in [0.25, 0.3) is 0 Å². The van der Waals surface area contributed by atoms with Gasteiger partial charge in [0, 0.05) is 13.1 Å². The van der Waals surface area contributed by atoms with Crippen molar-refractivity contribution < 1.29 is 13.5 Å². The highest BCUT2D eigenvalue weighted by Crippen LogP contribution is 2.27. The summed E-state index contributed by atoms with van der Waals surface area (Å²) in [6.07, 6.45) is 3.26. The van der Waals surface area contributed by atoms with Crippen LogP contribution in [0.2, 0.25) is 0 Å². The van der Waals surface area contributed by atoms with Crippen LogP contribution in [0.3, 0.4) is 0 Å². The number of aliphatic hydroxyl groups excluding tert-OH is 1. The second-order valence-electron chi connectivity index (χ2n) is 7.04. The number of rotatable bonds is 3. The molecule has 0 aliphatic carbocycles. The molecule has 0 aromatic carbocycles. The van der Waals surface area contributed by atoms with Crippen molar-refractivity contribution in [3.8, 4) is 0 Å². The zero-order chi connectivity index (χ0) is 16.5. The van der Waals surface area contributed by atoms with Crippen LogP contribution in [0.5, 0.6) is 0 Å². The molecule has 124 valence electrons. The Balaban J connectivity index is 2.11. The predicted molar refractivity (Wildman–Crippen MR) is 87.8 cm³/mol. The molecule has 1 aliphatic heterocycles. The van der Waals surface area contributed by atoms with Gasteiger partial charge in [-0.2, -0.15) is 0 Å². The first-order valence-corrected chi connectivity index (χ1v) is 9.25. The lowest BCUT2D eigenvalue weighted by Gasteiger charge is -2.34. The van der Waals surface area contributed by atoms with Gasteiger partial charge in [0.15, 0.2) is 14.9 Å². The van der Waals surface area contributed by atoms with Gasteiger partial charge in [-0.05, 0) is 58.6 Å². The minimum atomic E-state index is -3.41. The number of piperidine rings is 1. The van der Waals surface area contributed by atoms with Crippen molar-refractivity contribution in [1.82, 2.24) is 4.98 Å². The van der Waals surface area contributed by atoms with Crippen molar-refractivity contribution >= 4 is 15.5 Å². The third-order valence-electron chi connectivity index (χ3n) is 4.39. The van der Waals surface area contributed by atoms with Crippen LogP contribution in [0.25, 0.3) is 0 Å². The van der Waals surface area contributed by atoms with Crippen LogP contribution in [0.4, 0.5) is 5.69 Å². The Morgan fingerprint density at radius 1 is 1.27 bits per heavy atom. The number of nitrogens with zero attached hydrogens (tertiary/aromatic N) is 2. The maximum Gasteiger partial charge on any atom is 0.200 e. The highest BCUT2D eigenvalue weighted by atomic mass is 32.2. The van der Waals surface area contributed by atoms with E-state index in [0.29, 0.717) is 5.92 Å². The molecule has 1 atom stereocenters. The van der Waals surface area contributed by atoms with E-state index < -0.39 is 14.6 Å². The molecule has 1 aromatic heterocycles. The standard InChI is InChI=1S/C16H26N2O3S/c1-12(19)13-7-9-18(10-8-13)14-5-6-15(17-11-14)22(20,21)16(2,3)4/h5-6,11-13,19H,7-10H2,1-4H3. The average Bonchev–Trinajstić information content (AvgIpc) is 2.46. The Kier molecular flexibility index (Phi) is 4.82. The van der Waals surface area contributed by atoms with Crippen molar-refractivity contribution in [3.05, 3.63) is 18.3 Å². The van der Waals surface area contributed by atoms with Gasteiger partial charge < -0.3 is 10.0 Å². The Morgan fingerprint density at radius 2 is 1.86 bits per heavy atom. The van der Waals surface area contributed by atoms with Crippen LogP contribution in [-0.2, 0) is 9.84 Å². The number of anilines is 1. The van der Waals surface area contributed by atoms with E-state index in [1.807, 2.05) is 13.0 Å². The fraction of sp³-hybridized carbons (Fsp3) is 0.688. The largest absolute Gasteiger partial charge is 0.393 e. The second kappa shape index (κ2) is 6.16. The number of hydrogen-bond acceptors (Lipinski definition) is 5. The summed E-state index contributed by atoms with van der Waals surface area (Å²) >= 11 is 0. The molecule has 1 fully saturated rings. The minimum absolute atomic E-state index is 0.127. The smallest absolute Gasteiger partial charge is 0.200 e. The molecule has 1 aliphatic rings. The summed E-state index contributed by atoms with van der Waals surface area (Å²) in [6.45, 7) is 8.61. The van der Waals surface area contributed by atoms with E-state index in [4.69, 9.17) is 0 Å². The number of aromatic nitrogens is 1. The molecule has 1 N–H and O–H groups in total. The molecule has 5 nitrogen and oxygen atoms in total. The third kappa shape index (κ3) is 3.43. The van der Waals surface area contributed by atoms with Crippen LogP contribution in [0, 0.1) is 5.92 Å². The molecule has 2 rings (SSSR count). The van der Waals surface area contributed by atoms with Crippen molar-refractivity contribution in [2.75, 3.05) is 18.0 Å². The van der Waals surface area contributed by atoms with Crippen molar-refractivity contribution in [1.29, 1.82) is 0 Å². The third-order valence-corrected chi connectivity index (χ3v) is 6.79. The van der Waals surface area contributed by atoms with E-state index in [2.05, 4.69) is 9.88 Å². The van der Waals surface area contributed by atoms with Gasteiger partial charge in [0.2, 0.25) is 0 Å². The van der Waals surface area contributed by atoms with Gasteiger partial charge in [-0.15, -0.1) is 0 Å². The molecule has 0 amide bonds. The minimum Gasteiger partial charge on any atom is -0.393 e. The van der Waals surface area contributed by atoms with Gasteiger partial charge >= 0.3 is 0 Å². The van der Waals surface area contributed by atoms with Crippen molar-refractivity contribution in [3.63, 3.8) is 0 Å². The molecular weight excluding hydrogens is 300 g/mol. The number of pyridine rings is 1. The summed E-state index contributed by atoms with van der Waals surface area (Å²) < 4.78 is 23.9. The number of aliphatic hydroxyl groups is 1. The molecule has 2 heterocycles. The Labute approximate surface area is 133 Å². The maximum absolute atomic E-state index is 12.4. The van der Waals surface area contributed by atoms with E-state index in [0.717, 1.165) is 31.6 Å². The van der Waals surface area contributed by atoms with Gasteiger partial charge in [-0.3, -0.25) is 0 Å². The highest BCUT2D eigenvalue weighted by molar-refractivity contribution is 7.92. The van der Waals surface area contributed by atoms with Crippen LogP contribution in [0.15, 0.2) is 23.4 Å². The van der Waals surface area contributed by atoms with Crippen molar-refractivity contribution in [2.45, 2.75) is 56.4 Å². The summed E-state index contributed by atoms with van der Waals surface area (Å²) in [6, 6.07) is 3.42. The first kappa shape index (κ1) is 17.2. The lowest BCUT2D eigenvalue weighted by molar-refractivity contribution is 0.110. The topological polar surface area (TPSA) is 70.5 Å². The van der Waals surface area contributed by atoms with Crippen molar-refractivity contribution in [2.24, 2.45) is 5.92 Å². The first-order chi connectivity index (χ1) is 10.1. The molecule has 1 saturated heterocycles. The fourth-order valence-corrected chi connectivity index (χ4v) is 3.74. The Hall–Kier alpha value is -1.14. The lowest BCUT2D eigenvalue weighted by Crippen LogP contribution is -2.37. The van der Waals surface area contributed by atoms with E-state index >= 15 is 0 Å². The van der Waals surface area contributed by atoms with Crippen LogP contribution >= 0.6 is 0 Å². The zero-order valence-electron chi connectivity index (χ0n) is 13.8. The summed E-state index contributed by atoms with van der Waals surface area (Å²) in [5.41, 5.74) is 0.942. The van der Waals surface area contributed by atoms with E-state index in [9.17, 15) is 13.5 Å². The Morgan fingerprint density at radius 3 is 2.27 bits per heavy atom. The molecule has 22 heavy (non-hydrogen) atoms. The summed E-state index contributed by atoms with van der Waals surface area (Å²) in [7, 11) is -3.41. The molecule has 0 bridgehead atoms. The average molecular weight is 326 g/mol. The zero-order valence-corrected chi connectivity index (χ0v) is 14.6. The van der Waals surface area contributed by atoms with E-state index in [-0.39, 0.29) is 11.1 Å². The van der Waals surface area contributed by atoms with Crippen LogP contribution in [-0.4, -0.2) is 42.4 Å². The number of sulfone groups is 1. The van der Waals surface area contributed by atoms with Gasteiger partial charge in [-0.1, -0.05) is 0 Å². The predicted octanol–water partition coefficient (Wildman–Crippen LogP) is 2.25. The molecule has 1 aromatic rings. The van der Waals surface area contributed by atoms with Gasteiger partial charge in [0.1, 0.15) is 0 Å². The molecule has 0 saturated carbocycles. The summed E-state index contributed by atoms with van der Waals surface area (Å²) in [5.74, 6) is 0.352.